The Morgan fingerprint density at radius 2 is 1.39 bits per heavy atom. The minimum atomic E-state index is -1.13. The molecule has 0 aromatic heterocycles. The maximum absolute atomic E-state index is 11.7. The summed E-state index contributed by atoms with van der Waals surface area (Å²) in [4.78, 5) is 33.1. The number of rotatable bonds is 11. The number of esters is 1. The van der Waals surface area contributed by atoms with Crippen molar-refractivity contribution in [1.29, 1.82) is 0 Å². The molecular formula is C17H22O6. The van der Waals surface area contributed by atoms with Crippen molar-refractivity contribution in [2.75, 3.05) is 0 Å². The van der Waals surface area contributed by atoms with Crippen LogP contribution in [0.2, 0.25) is 0 Å². The fraction of sp³-hybridized carbons (Fsp3) is 0.471. The highest BCUT2D eigenvalue weighted by atomic mass is 16.5. The molecule has 0 unspecified atom stereocenters. The summed E-state index contributed by atoms with van der Waals surface area (Å²) in [6.07, 6.45) is 5.43. The highest BCUT2D eigenvalue weighted by molar-refractivity contribution is 5.91. The number of unbranched alkanes of at least 4 members (excludes halogenated alkanes) is 5. The van der Waals surface area contributed by atoms with Crippen molar-refractivity contribution in [3.8, 4) is 5.75 Å². The maximum atomic E-state index is 11.7. The number of carboxylic acid groups (broad SMARTS) is 2. The molecule has 0 aliphatic carbocycles. The Labute approximate surface area is 135 Å². The van der Waals surface area contributed by atoms with Gasteiger partial charge in [0.25, 0.3) is 0 Å². The summed E-state index contributed by atoms with van der Waals surface area (Å²) < 4.78 is 5.09. The Hall–Kier alpha value is -2.37. The molecular weight excluding hydrogens is 300 g/mol. The second-order valence-electron chi connectivity index (χ2n) is 5.29. The number of aliphatic carboxylic acids is 1. The number of hydrogen-bond donors (Lipinski definition) is 2. The van der Waals surface area contributed by atoms with Gasteiger partial charge in [-0.2, -0.15) is 0 Å². The predicted octanol–water partition coefficient (Wildman–Crippen LogP) is 3.50. The topological polar surface area (TPSA) is 101 Å². The van der Waals surface area contributed by atoms with Gasteiger partial charge in [-0.3, -0.25) is 9.59 Å². The lowest BCUT2D eigenvalue weighted by atomic mass is 10.1. The third-order valence-corrected chi connectivity index (χ3v) is 3.36. The lowest BCUT2D eigenvalue weighted by Crippen LogP contribution is -2.10. The molecule has 1 rings (SSSR count). The Kier molecular flexibility index (Phi) is 8.42. The van der Waals surface area contributed by atoms with Crippen molar-refractivity contribution < 1.29 is 29.3 Å². The molecule has 0 aliphatic rings. The first kappa shape index (κ1) is 18.7. The number of ether oxygens (including phenoxy) is 1. The van der Waals surface area contributed by atoms with Gasteiger partial charge in [0.1, 0.15) is 11.3 Å². The van der Waals surface area contributed by atoms with Gasteiger partial charge in [0.2, 0.25) is 0 Å². The number of hydrogen-bond acceptors (Lipinski definition) is 4. The second-order valence-corrected chi connectivity index (χ2v) is 5.29. The predicted molar refractivity (Wildman–Crippen MR) is 83.6 cm³/mol. The van der Waals surface area contributed by atoms with Crippen molar-refractivity contribution in [3.05, 3.63) is 29.8 Å². The molecule has 126 valence electrons. The van der Waals surface area contributed by atoms with Gasteiger partial charge in [-0.05, 0) is 25.0 Å². The van der Waals surface area contributed by atoms with E-state index in [1.54, 1.807) is 12.1 Å². The van der Waals surface area contributed by atoms with Gasteiger partial charge in [0.15, 0.2) is 0 Å². The lowest BCUT2D eigenvalue weighted by Gasteiger charge is -2.07. The standard InChI is InChI=1S/C17H22O6/c18-15(19)11-5-3-1-2-4-6-12-16(20)23-14-10-8-7-9-13(14)17(21)22/h7-10H,1-6,11-12H2,(H,18,19)(H,21,22). The molecule has 23 heavy (non-hydrogen) atoms. The number of benzene rings is 1. The van der Waals surface area contributed by atoms with E-state index in [4.69, 9.17) is 14.9 Å². The van der Waals surface area contributed by atoms with Crippen LogP contribution in [0, 0.1) is 0 Å². The van der Waals surface area contributed by atoms with Crippen LogP contribution in [0.5, 0.6) is 5.75 Å². The first-order valence-corrected chi connectivity index (χ1v) is 7.75. The first-order chi connectivity index (χ1) is 11.0. The molecule has 2 N–H and O–H groups in total. The molecule has 0 saturated heterocycles. The van der Waals surface area contributed by atoms with E-state index in [9.17, 15) is 14.4 Å². The van der Waals surface area contributed by atoms with Crippen molar-refractivity contribution in [3.63, 3.8) is 0 Å². The van der Waals surface area contributed by atoms with Crippen LogP contribution in [0.25, 0.3) is 0 Å². The summed E-state index contributed by atoms with van der Waals surface area (Å²) in [5, 5.41) is 17.5. The second kappa shape index (κ2) is 10.4. The van der Waals surface area contributed by atoms with Crippen LogP contribution in [0.1, 0.15) is 61.7 Å². The van der Waals surface area contributed by atoms with Crippen LogP contribution >= 0.6 is 0 Å². The lowest BCUT2D eigenvalue weighted by molar-refractivity contribution is -0.137. The van der Waals surface area contributed by atoms with Crippen LogP contribution in [0.3, 0.4) is 0 Å². The molecule has 0 bridgehead atoms. The van der Waals surface area contributed by atoms with Crippen molar-refractivity contribution in [1.82, 2.24) is 0 Å². The first-order valence-electron chi connectivity index (χ1n) is 7.75. The van der Waals surface area contributed by atoms with Crippen LogP contribution in [-0.2, 0) is 9.59 Å². The monoisotopic (exact) mass is 322 g/mol. The van der Waals surface area contributed by atoms with Gasteiger partial charge < -0.3 is 14.9 Å². The average molecular weight is 322 g/mol. The quantitative estimate of drug-likeness (QED) is 0.367. The van der Waals surface area contributed by atoms with E-state index < -0.39 is 17.9 Å². The molecule has 6 nitrogen and oxygen atoms in total. The van der Waals surface area contributed by atoms with Crippen LogP contribution in [-0.4, -0.2) is 28.1 Å². The number of carbonyl (C=O) groups excluding carboxylic acids is 1. The van der Waals surface area contributed by atoms with Gasteiger partial charge in [-0.15, -0.1) is 0 Å². The molecule has 1 aromatic rings. The van der Waals surface area contributed by atoms with Crippen LogP contribution in [0.4, 0.5) is 0 Å². The summed E-state index contributed by atoms with van der Waals surface area (Å²) in [7, 11) is 0. The largest absolute Gasteiger partial charge is 0.481 e. The summed E-state index contributed by atoms with van der Waals surface area (Å²) in [6.45, 7) is 0. The molecule has 0 saturated carbocycles. The van der Waals surface area contributed by atoms with E-state index in [0.717, 1.165) is 25.7 Å². The molecule has 6 heteroatoms. The normalized spacial score (nSPS) is 10.3. The minimum Gasteiger partial charge on any atom is -0.481 e. The maximum Gasteiger partial charge on any atom is 0.339 e. The van der Waals surface area contributed by atoms with Gasteiger partial charge in [0.05, 0.1) is 0 Å². The molecule has 0 fully saturated rings. The van der Waals surface area contributed by atoms with Gasteiger partial charge in [-0.1, -0.05) is 37.8 Å². The van der Waals surface area contributed by atoms with E-state index in [1.807, 2.05) is 0 Å². The van der Waals surface area contributed by atoms with Gasteiger partial charge >= 0.3 is 17.9 Å². The fourth-order valence-corrected chi connectivity index (χ4v) is 2.16. The van der Waals surface area contributed by atoms with Crippen molar-refractivity contribution >= 4 is 17.9 Å². The van der Waals surface area contributed by atoms with Crippen molar-refractivity contribution in [2.24, 2.45) is 0 Å². The van der Waals surface area contributed by atoms with E-state index >= 15 is 0 Å². The number of carbonyl (C=O) groups is 3. The SMILES string of the molecule is O=C(O)CCCCCCCCC(=O)Oc1ccccc1C(=O)O. The highest BCUT2D eigenvalue weighted by Crippen LogP contribution is 2.19. The third kappa shape index (κ3) is 7.99. The van der Waals surface area contributed by atoms with Gasteiger partial charge in [-0.25, -0.2) is 4.79 Å². The molecule has 1 aromatic carbocycles. The van der Waals surface area contributed by atoms with E-state index in [2.05, 4.69) is 0 Å². The van der Waals surface area contributed by atoms with Crippen molar-refractivity contribution in [2.45, 2.75) is 51.4 Å². The summed E-state index contributed by atoms with van der Waals surface area (Å²) in [5.74, 6) is -2.27. The Morgan fingerprint density at radius 3 is 2.00 bits per heavy atom. The zero-order chi connectivity index (χ0) is 17.1. The smallest absolute Gasteiger partial charge is 0.339 e. The summed E-state index contributed by atoms with van der Waals surface area (Å²) in [5.41, 5.74) is -0.0284. The average Bonchev–Trinajstić information content (AvgIpc) is 2.50. The Morgan fingerprint density at radius 1 is 0.826 bits per heavy atom. The molecule has 0 spiro atoms. The van der Waals surface area contributed by atoms with Crippen LogP contribution in [0.15, 0.2) is 24.3 Å². The zero-order valence-corrected chi connectivity index (χ0v) is 13.0. The number of carboxylic acids is 2. The summed E-state index contributed by atoms with van der Waals surface area (Å²) >= 11 is 0. The molecule has 0 radical (unpaired) electrons. The Balaban J connectivity index is 2.18. The number of aromatic carboxylic acids is 1. The third-order valence-electron chi connectivity index (χ3n) is 3.36. The van der Waals surface area contributed by atoms with Crippen LogP contribution < -0.4 is 4.74 Å². The van der Waals surface area contributed by atoms with Gasteiger partial charge in [0, 0.05) is 12.8 Å². The zero-order valence-electron chi connectivity index (χ0n) is 13.0. The molecule has 0 atom stereocenters. The van der Waals surface area contributed by atoms with E-state index in [0.29, 0.717) is 12.8 Å². The molecule has 0 amide bonds. The summed E-state index contributed by atoms with van der Waals surface area (Å²) in [6, 6.07) is 6.04. The minimum absolute atomic E-state index is 0.0284. The molecule has 0 heterocycles. The number of para-hydroxylation sites is 1. The molecule has 0 aliphatic heterocycles. The van der Waals surface area contributed by atoms with E-state index in [1.165, 1.54) is 12.1 Å². The fourth-order valence-electron chi connectivity index (χ4n) is 2.16. The van der Waals surface area contributed by atoms with E-state index in [-0.39, 0.29) is 24.2 Å². The Bertz CT molecular complexity index is 538. The highest BCUT2D eigenvalue weighted by Gasteiger charge is 2.13.